The highest BCUT2D eigenvalue weighted by atomic mass is 16.4. The highest BCUT2D eigenvalue weighted by molar-refractivity contribution is 5.70. The molecule has 0 aromatic heterocycles. The third-order valence-corrected chi connectivity index (χ3v) is 2.87. The molecule has 0 aromatic carbocycles. The van der Waals surface area contributed by atoms with E-state index in [0.717, 1.165) is 13.0 Å². The van der Waals surface area contributed by atoms with Crippen molar-refractivity contribution >= 4 is 5.97 Å². The second-order valence-corrected chi connectivity index (χ2v) is 4.53. The van der Waals surface area contributed by atoms with Crippen LogP contribution in [0.2, 0.25) is 0 Å². The van der Waals surface area contributed by atoms with Gasteiger partial charge in [0.05, 0.1) is 5.92 Å². The maximum atomic E-state index is 10.8. The van der Waals surface area contributed by atoms with Crippen molar-refractivity contribution < 1.29 is 9.90 Å². The molecule has 0 radical (unpaired) electrons. The van der Waals surface area contributed by atoms with Crippen molar-refractivity contribution in [3.8, 4) is 0 Å². The van der Waals surface area contributed by atoms with Crippen LogP contribution >= 0.6 is 0 Å². The molecule has 0 fully saturated rings. The van der Waals surface area contributed by atoms with Gasteiger partial charge >= 0.3 is 5.97 Å². The fourth-order valence-corrected chi connectivity index (χ4v) is 1.25. The second-order valence-electron chi connectivity index (χ2n) is 4.53. The second kappa shape index (κ2) is 6.02. The van der Waals surface area contributed by atoms with Gasteiger partial charge in [0, 0.05) is 6.04 Å². The molecular weight excluding hydrogens is 178 g/mol. The molecule has 84 valence electrons. The van der Waals surface area contributed by atoms with E-state index in [-0.39, 0.29) is 12.0 Å². The normalized spacial score (nSPS) is 15.9. The zero-order chi connectivity index (χ0) is 11.3. The summed E-state index contributed by atoms with van der Waals surface area (Å²) in [5.74, 6) is -0.342. The van der Waals surface area contributed by atoms with E-state index < -0.39 is 5.97 Å². The fraction of sp³-hybridized carbons (Fsp3) is 0.909. The van der Waals surface area contributed by atoms with Crippen LogP contribution in [0, 0.1) is 11.8 Å². The molecule has 0 rings (SSSR count). The highest BCUT2D eigenvalue weighted by Gasteiger charge is 2.22. The Kier molecular flexibility index (Phi) is 5.77. The quantitative estimate of drug-likeness (QED) is 0.715. The van der Waals surface area contributed by atoms with Crippen molar-refractivity contribution in [2.75, 3.05) is 13.6 Å². The lowest BCUT2D eigenvalue weighted by Crippen LogP contribution is -2.38. The number of carboxylic acids is 1. The summed E-state index contributed by atoms with van der Waals surface area (Å²) < 4.78 is 0. The summed E-state index contributed by atoms with van der Waals surface area (Å²) in [6, 6.07) is 0.103. The van der Waals surface area contributed by atoms with Gasteiger partial charge in [-0.2, -0.15) is 0 Å². The summed E-state index contributed by atoms with van der Waals surface area (Å²) in [6.45, 7) is 9.06. The standard InChI is InChI=1S/C11H23NO2/c1-8(2)6-7-12(5)10(4)9(3)11(13)14/h8-10H,6-7H2,1-5H3,(H,13,14). The zero-order valence-corrected chi connectivity index (χ0v) is 9.95. The van der Waals surface area contributed by atoms with Crippen molar-refractivity contribution in [3.05, 3.63) is 0 Å². The molecule has 2 atom stereocenters. The van der Waals surface area contributed by atoms with E-state index in [4.69, 9.17) is 5.11 Å². The van der Waals surface area contributed by atoms with Crippen LogP contribution in [-0.2, 0) is 4.79 Å². The Morgan fingerprint density at radius 3 is 2.14 bits per heavy atom. The van der Waals surface area contributed by atoms with Gasteiger partial charge in [-0.3, -0.25) is 4.79 Å². The SMILES string of the molecule is CC(C)CCN(C)C(C)C(C)C(=O)O. The van der Waals surface area contributed by atoms with Crippen LogP contribution in [0.5, 0.6) is 0 Å². The number of hydrogen-bond acceptors (Lipinski definition) is 2. The summed E-state index contributed by atoms with van der Waals surface area (Å²) in [5.41, 5.74) is 0. The summed E-state index contributed by atoms with van der Waals surface area (Å²) in [4.78, 5) is 12.9. The number of hydrogen-bond donors (Lipinski definition) is 1. The minimum Gasteiger partial charge on any atom is -0.481 e. The molecule has 1 N–H and O–H groups in total. The van der Waals surface area contributed by atoms with Gasteiger partial charge in [-0.15, -0.1) is 0 Å². The molecule has 0 aliphatic rings. The molecule has 3 heteroatoms. The van der Waals surface area contributed by atoms with E-state index >= 15 is 0 Å². The van der Waals surface area contributed by atoms with Gasteiger partial charge in [0.25, 0.3) is 0 Å². The van der Waals surface area contributed by atoms with Crippen molar-refractivity contribution in [3.63, 3.8) is 0 Å². The molecule has 0 aliphatic heterocycles. The van der Waals surface area contributed by atoms with Crippen molar-refractivity contribution in [2.45, 2.75) is 40.2 Å². The third kappa shape index (κ3) is 4.61. The number of carboxylic acid groups (broad SMARTS) is 1. The molecule has 2 unspecified atom stereocenters. The average molecular weight is 201 g/mol. The summed E-state index contributed by atoms with van der Waals surface area (Å²) in [6.07, 6.45) is 1.12. The predicted molar refractivity (Wildman–Crippen MR) is 58.3 cm³/mol. The molecule has 0 saturated carbocycles. The lowest BCUT2D eigenvalue weighted by atomic mass is 10.0. The first-order valence-electron chi connectivity index (χ1n) is 5.29. The predicted octanol–water partition coefficient (Wildman–Crippen LogP) is 2.07. The zero-order valence-electron chi connectivity index (χ0n) is 9.95. The van der Waals surface area contributed by atoms with Crippen LogP contribution in [-0.4, -0.2) is 35.6 Å². The number of rotatable bonds is 6. The molecule has 0 aliphatic carbocycles. The monoisotopic (exact) mass is 201 g/mol. The van der Waals surface area contributed by atoms with Crippen LogP contribution in [0.3, 0.4) is 0 Å². The van der Waals surface area contributed by atoms with E-state index in [2.05, 4.69) is 18.7 Å². The Balaban J connectivity index is 3.98. The smallest absolute Gasteiger partial charge is 0.307 e. The van der Waals surface area contributed by atoms with Gasteiger partial charge < -0.3 is 10.0 Å². The first-order valence-corrected chi connectivity index (χ1v) is 5.29. The Labute approximate surface area is 87.1 Å². The summed E-state index contributed by atoms with van der Waals surface area (Å²) in [5, 5.41) is 8.85. The molecule has 0 spiro atoms. The van der Waals surface area contributed by atoms with Gasteiger partial charge in [0.15, 0.2) is 0 Å². The topological polar surface area (TPSA) is 40.5 Å². The fourth-order valence-electron chi connectivity index (χ4n) is 1.25. The summed E-state index contributed by atoms with van der Waals surface area (Å²) >= 11 is 0. The lowest BCUT2D eigenvalue weighted by molar-refractivity contribution is -0.143. The minimum absolute atomic E-state index is 0.103. The van der Waals surface area contributed by atoms with Crippen LogP contribution in [0.4, 0.5) is 0 Å². The van der Waals surface area contributed by atoms with E-state index in [0.29, 0.717) is 5.92 Å². The Morgan fingerprint density at radius 1 is 1.29 bits per heavy atom. The Bertz CT molecular complexity index is 180. The number of aliphatic carboxylic acids is 1. The third-order valence-electron chi connectivity index (χ3n) is 2.87. The van der Waals surface area contributed by atoms with E-state index in [1.807, 2.05) is 14.0 Å². The number of carbonyl (C=O) groups is 1. The molecule has 0 aromatic rings. The first kappa shape index (κ1) is 13.4. The lowest BCUT2D eigenvalue weighted by Gasteiger charge is -2.28. The van der Waals surface area contributed by atoms with Gasteiger partial charge in [-0.1, -0.05) is 20.8 Å². The average Bonchev–Trinajstić information content (AvgIpc) is 2.11. The first-order chi connectivity index (χ1) is 6.36. The molecule has 0 bridgehead atoms. The molecule has 0 amide bonds. The van der Waals surface area contributed by atoms with Gasteiger partial charge in [-0.05, 0) is 32.9 Å². The minimum atomic E-state index is -0.714. The maximum Gasteiger partial charge on any atom is 0.307 e. The highest BCUT2D eigenvalue weighted by Crippen LogP contribution is 2.11. The van der Waals surface area contributed by atoms with Gasteiger partial charge in [0.2, 0.25) is 0 Å². The molecule has 14 heavy (non-hydrogen) atoms. The van der Waals surface area contributed by atoms with E-state index in [1.54, 1.807) is 6.92 Å². The summed E-state index contributed by atoms with van der Waals surface area (Å²) in [7, 11) is 1.99. The van der Waals surface area contributed by atoms with Gasteiger partial charge in [0.1, 0.15) is 0 Å². The molecule has 3 nitrogen and oxygen atoms in total. The maximum absolute atomic E-state index is 10.8. The van der Waals surface area contributed by atoms with Gasteiger partial charge in [-0.25, -0.2) is 0 Å². The largest absolute Gasteiger partial charge is 0.481 e. The Hall–Kier alpha value is -0.570. The Morgan fingerprint density at radius 2 is 1.79 bits per heavy atom. The molecule has 0 saturated heterocycles. The van der Waals surface area contributed by atoms with E-state index in [9.17, 15) is 4.79 Å². The van der Waals surface area contributed by atoms with Crippen molar-refractivity contribution in [1.29, 1.82) is 0 Å². The molecular formula is C11H23NO2. The van der Waals surface area contributed by atoms with Crippen LogP contribution in [0.15, 0.2) is 0 Å². The van der Waals surface area contributed by atoms with Crippen molar-refractivity contribution in [2.24, 2.45) is 11.8 Å². The van der Waals surface area contributed by atoms with Crippen molar-refractivity contribution in [1.82, 2.24) is 4.90 Å². The van der Waals surface area contributed by atoms with Crippen LogP contribution in [0.1, 0.15) is 34.1 Å². The number of nitrogens with zero attached hydrogens (tertiary/aromatic N) is 1. The molecule has 0 heterocycles. The van der Waals surface area contributed by atoms with Crippen LogP contribution < -0.4 is 0 Å². The van der Waals surface area contributed by atoms with Crippen LogP contribution in [0.25, 0.3) is 0 Å². The van der Waals surface area contributed by atoms with E-state index in [1.165, 1.54) is 0 Å².